The average Bonchev–Trinajstić information content (AvgIpc) is 2.35. The van der Waals surface area contributed by atoms with Crippen molar-refractivity contribution in [2.75, 3.05) is 27.2 Å². The molecule has 1 aliphatic rings. The number of hydrogen-bond acceptors (Lipinski definition) is 3. The first-order chi connectivity index (χ1) is 8.10. The predicted molar refractivity (Wildman–Crippen MR) is 67.3 cm³/mol. The molecule has 1 heterocycles. The van der Waals surface area contributed by atoms with Crippen molar-refractivity contribution in [2.45, 2.75) is 38.6 Å². The molecule has 1 fully saturated rings. The topological polar surface area (TPSA) is 47.3 Å². The van der Waals surface area contributed by atoms with Gasteiger partial charge >= 0.3 is 0 Å². The zero-order chi connectivity index (χ0) is 12.8. The van der Waals surface area contributed by atoms with Crippen LogP contribution >= 0.6 is 0 Å². The Labute approximate surface area is 104 Å². The van der Waals surface area contributed by atoms with E-state index >= 15 is 0 Å². The van der Waals surface area contributed by atoms with Crippen molar-refractivity contribution in [1.82, 2.24) is 9.80 Å². The van der Waals surface area contributed by atoms with Gasteiger partial charge in [0.2, 0.25) is 5.91 Å². The molecule has 1 aliphatic heterocycles. The van der Waals surface area contributed by atoms with Gasteiger partial charge in [0.15, 0.2) is 0 Å². The quantitative estimate of drug-likeness (QED) is 0.744. The molecule has 96 valence electrons. The number of piperidine rings is 1. The van der Waals surface area contributed by atoms with Gasteiger partial charge in [0, 0.05) is 19.1 Å². The van der Waals surface area contributed by atoms with Crippen molar-refractivity contribution < 1.29 is 4.79 Å². The molecule has 0 aromatic heterocycles. The highest BCUT2D eigenvalue weighted by molar-refractivity contribution is 5.81. The maximum atomic E-state index is 12.1. The second kappa shape index (κ2) is 6.61. The van der Waals surface area contributed by atoms with Crippen LogP contribution in [-0.4, -0.2) is 48.9 Å². The van der Waals surface area contributed by atoms with Crippen LogP contribution in [0.25, 0.3) is 0 Å². The maximum Gasteiger partial charge on any atom is 0.239 e. The molecule has 4 nitrogen and oxygen atoms in total. The Bertz CT molecular complexity index is 288. The largest absolute Gasteiger partial charge is 0.341 e. The summed E-state index contributed by atoms with van der Waals surface area (Å²) in [7, 11) is 4.16. The Morgan fingerprint density at radius 2 is 2.06 bits per heavy atom. The summed E-state index contributed by atoms with van der Waals surface area (Å²) >= 11 is 0. The average molecular weight is 237 g/mol. The highest BCUT2D eigenvalue weighted by atomic mass is 16.2. The maximum absolute atomic E-state index is 12.1. The third-order valence-corrected chi connectivity index (χ3v) is 3.54. The lowest BCUT2D eigenvalue weighted by Crippen LogP contribution is -2.46. The molecule has 1 amide bonds. The third-order valence-electron chi connectivity index (χ3n) is 3.54. The molecule has 1 unspecified atom stereocenters. The van der Waals surface area contributed by atoms with Gasteiger partial charge in [-0.25, -0.2) is 0 Å². The van der Waals surface area contributed by atoms with E-state index in [1.165, 1.54) is 0 Å². The van der Waals surface area contributed by atoms with Gasteiger partial charge in [-0.1, -0.05) is 13.3 Å². The van der Waals surface area contributed by atoms with E-state index in [-0.39, 0.29) is 5.91 Å². The molecule has 0 radical (unpaired) electrons. The van der Waals surface area contributed by atoms with Gasteiger partial charge < -0.3 is 9.80 Å². The fraction of sp³-hybridized carbons (Fsp3) is 0.846. The highest BCUT2D eigenvalue weighted by Crippen LogP contribution is 2.17. The Morgan fingerprint density at radius 1 is 1.47 bits per heavy atom. The standard InChI is InChI=1S/C13H23N3O/c1-4-5-11(10-14)13(17)16-8-6-12(7-9-16)15(2)3/h11-12H,4-9H2,1-3H3. The Balaban J connectivity index is 2.48. The second-order valence-electron chi connectivity index (χ2n) is 4.99. The fourth-order valence-electron chi connectivity index (χ4n) is 2.35. The molecule has 0 N–H and O–H groups in total. The van der Waals surface area contributed by atoms with Crippen molar-refractivity contribution in [2.24, 2.45) is 5.92 Å². The minimum atomic E-state index is -0.434. The second-order valence-corrected chi connectivity index (χ2v) is 4.99. The summed E-state index contributed by atoms with van der Waals surface area (Å²) < 4.78 is 0. The normalized spacial score (nSPS) is 19.1. The number of carbonyl (C=O) groups is 1. The van der Waals surface area contributed by atoms with E-state index in [4.69, 9.17) is 5.26 Å². The van der Waals surface area contributed by atoms with Gasteiger partial charge in [-0.2, -0.15) is 5.26 Å². The van der Waals surface area contributed by atoms with E-state index in [0.29, 0.717) is 12.5 Å². The number of amides is 1. The predicted octanol–water partition coefficient (Wildman–Crippen LogP) is 1.48. The number of rotatable bonds is 4. The molecule has 1 rings (SSSR count). The molecule has 0 aromatic rings. The van der Waals surface area contributed by atoms with Crippen molar-refractivity contribution in [3.63, 3.8) is 0 Å². The lowest BCUT2D eigenvalue weighted by molar-refractivity contribution is -0.135. The highest BCUT2D eigenvalue weighted by Gasteiger charge is 2.28. The summed E-state index contributed by atoms with van der Waals surface area (Å²) in [6.07, 6.45) is 3.60. The number of hydrogen-bond donors (Lipinski definition) is 0. The van der Waals surface area contributed by atoms with Crippen molar-refractivity contribution in [1.29, 1.82) is 5.26 Å². The van der Waals surface area contributed by atoms with Gasteiger partial charge in [0.25, 0.3) is 0 Å². The van der Waals surface area contributed by atoms with Crippen LogP contribution in [-0.2, 0) is 4.79 Å². The van der Waals surface area contributed by atoms with E-state index in [2.05, 4.69) is 25.1 Å². The van der Waals surface area contributed by atoms with Crippen LogP contribution in [0.15, 0.2) is 0 Å². The molecule has 1 saturated heterocycles. The summed E-state index contributed by atoms with van der Waals surface area (Å²) in [6.45, 7) is 3.60. The van der Waals surface area contributed by atoms with Gasteiger partial charge in [-0.05, 0) is 33.4 Å². The van der Waals surface area contributed by atoms with Gasteiger partial charge in [0.05, 0.1) is 6.07 Å². The zero-order valence-electron chi connectivity index (χ0n) is 11.1. The first kappa shape index (κ1) is 14.0. The summed E-state index contributed by atoms with van der Waals surface area (Å²) in [6, 6.07) is 2.71. The van der Waals surface area contributed by atoms with Gasteiger partial charge in [-0.15, -0.1) is 0 Å². The van der Waals surface area contributed by atoms with E-state index in [0.717, 1.165) is 32.4 Å². The van der Waals surface area contributed by atoms with Crippen molar-refractivity contribution in [3.05, 3.63) is 0 Å². The molecule has 0 spiro atoms. The Morgan fingerprint density at radius 3 is 2.47 bits per heavy atom. The van der Waals surface area contributed by atoms with Crippen molar-refractivity contribution in [3.8, 4) is 6.07 Å². The van der Waals surface area contributed by atoms with Crippen molar-refractivity contribution >= 4 is 5.91 Å². The molecule has 0 saturated carbocycles. The number of nitriles is 1. The SMILES string of the molecule is CCCC(C#N)C(=O)N1CCC(N(C)C)CC1. The van der Waals surface area contributed by atoms with Crippen LogP contribution in [0.5, 0.6) is 0 Å². The lowest BCUT2D eigenvalue weighted by atomic mass is 9.99. The summed E-state index contributed by atoms with van der Waals surface area (Å²) in [4.78, 5) is 16.2. The molecule has 0 bridgehead atoms. The minimum Gasteiger partial charge on any atom is -0.341 e. The summed E-state index contributed by atoms with van der Waals surface area (Å²) in [5.41, 5.74) is 0. The minimum absolute atomic E-state index is 0.0338. The zero-order valence-corrected chi connectivity index (χ0v) is 11.1. The van der Waals surface area contributed by atoms with E-state index in [1.807, 2.05) is 11.8 Å². The first-order valence-electron chi connectivity index (χ1n) is 6.45. The van der Waals surface area contributed by atoms with Crippen LogP contribution < -0.4 is 0 Å². The summed E-state index contributed by atoms with van der Waals surface area (Å²) in [5.74, 6) is -0.400. The molecule has 0 aliphatic carbocycles. The summed E-state index contributed by atoms with van der Waals surface area (Å²) in [5, 5.41) is 8.99. The monoisotopic (exact) mass is 237 g/mol. The molecule has 17 heavy (non-hydrogen) atoms. The number of likely N-dealkylation sites (tertiary alicyclic amines) is 1. The molecular formula is C13H23N3O. The van der Waals surface area contributed by atoms with Crippen LogP contribution in [0, 0.1) is 17.2 Å². The molecule has 1 atom stereocenters. The smallest absolute Gasteiger partial charge is 0.239 e. The number of carbonyl (C=O) groups excluding carboxylic acids is 1. The van der Waals surface area contributed by atoms with E-state index < -0.39 is 5.92 Å². The van der Waals surface area contributed by atoms with Crippen LogP contribution in [0.4, 0.5) is 0 Å². The van der Waals surface area contributed by atoms with E-state index in [1.54, 1.807) is 0 Å². The molecular weight excluding hydrogens is 214 g/mol. The Hall–Kier alpha value is -1.08. The number of nitrogens with zero attached hydrogens (tertiary/aromatic N) is 3. The lowest BCUT2D eigenvalue weighted by Gasteiger charge is -2.35. The van der Waals surface area contributed by atoms with Crippen LogP contribution in [0.3, 0.4) is 0 Å². The van der Waals surface area contributed by atoms with Crippen LogP contribution in [0.2, 0.25) is 0 Å². The first-order valence-corrected chi connectivity index (χ1v) is 6.45. The van der Waals surface area contributed by atoms with Gasteiger partial charge in [-0.3, -0.25) is 4.79 Å². The molecule has 0 aromatic carbocycles. The third kappa shape index (κ3) is 3.71. The fourth-order valence-corrected chi connectivity index (χ4v) is 2.35. The van der Waals surface area contributed by atoms with Crippen LogP contribution in [0.1, 0.15) is 32.6 Å². The van der Waals surface area contributed by atoms with Gasteiger partial charge in [0.1, 0.15) is 5.92 Å². The Kier molecular flexibility index (Phi) is 5.43. The van der Waals surface area contributed by atoms with E-state index in [9.17, 15) is 4.79 Å². The molecule has 4 heteroatoms.